The van der Waals surface area contributed by atoms with E-state index in [1.807, 2.05) is 39.0 Å². The lowest BCUT2D eigenvalue weighted by Crippen LogP contribution is -2.25. The third kappa shape index (κ3) is 4.04. The molecule has 2 aromatic carbocycles. The summed E-state index contributed by atoms with van der Waals surface area (Å²) < 4.78 is 11.3. The summed E-state index contributed by atoms with van der Waals surface area (Å²) in [6.07, 6.45) is 2.75. The van der Waals surface area contributed by atoms with E-state index >= 15 is 0 Å². The van der Waals surface area contributed by atoms with Crippen molar-refractivity contribution in [3.63, 3.8) is 0 Å². The Morgan fingerprint density at radius 1 is 1.07 bits per heavy atom. The van der Waals surface area contributed by atoms with Gasteiger partial charge in [-0.15, -0.1) is 0 Å². The van der Waals surface area contributed by atoms with E-state index in [4.69, 9.17) is 9.15 Å². The Morgan fingerprint density at radius 2 is 1.72 bits per heavy atom. The molecule has 0 aliphatic rings. The van der Waals surface area contributed by atoms with Crippen LogP contribution in [0.15, 0.2) is 45.6 Å². The molecule has 152 valence electrons. The molecule has 0 atom stereocenters. The molecule has 1 amide bonds. The third-order valence-corrected chi connectivity index (χ3v) is 5.09. The Morgan fingerprint density at radius 3 is 2.31 bits per heavy atom. The minimum atomic E-state index is -0.428. The molecule has 29 heavy (non-hydrogen) atoms. The summed E-state index contributed by atoms with van der Waals surface area (Å²) >= 11 is 0. The van der Waals surface area contributed by atoms with Gasteiger partial charge >= 0.3 is 0 Å². The van der Waals surface area contributed by atoms with E-state index < -0.39 is 5.91 Å². The number of fused-ring (bicyclic) bond motifs is 1. The standard InChI is InChI=1S/C24H27NO4/c1-5-10-20-21(23(26)18-11-8-9-12-19(18)29-20)24(27)25-22-15(6-2)13-17(28-4)14-16(22)7-3/h8-9,11-14H,5-7,10H2,1-4H3,(H,25,27). The van der Waals surface area contributed by atoms with Crippen molar-refractivity contribution in [3.05, 3.63) is 69.1 Å². The molecule has 1 heterocycles. The van der Waals surface area contributed by atoms with E-state index in [0.29, 0.717) is 23.2 Å². The van der Waals surface area contributed by atoms with Gasteiger partial charge in [0.15, 0.2) is 0 Å². The molecule has 0 fully saturated rings. The van der Waals surface area contributed by atoms with Gasteiger partial charge in [-0.05, 0) is 54.7 Å². The number of carbonyl (C=O) groups excluding carboxylic acids is 1. The molecule has 3 aromatic rings. The summed E-state index contributed by atoms with van der Waals surface area (Å²) in [5.74, 6) is 0.759. The van der Waals surface area contributed by atoms with Crippen LogP contribution < -0.4 is 15.5 Å². The largest absolute Gasteiger partial charge is 0.497 e. The monoisotopic (exact) mass is 393 g/mol. The second-order valence-electron chi connectivity index (χ2n) is 6.96. The maximum Gasteiger partial charge on any atom is 0.263 e. The number of nitrogens with one attached hydrogen (secondary N) is 1. The van der Waals surface area contributed by atoms with Crippen molar-refractivity contribution < 1.29 is 13.9 Å². The van der Waals surface area contributed by atoms with Gasteiger partial charge in [0.1, 0.15) is 22.7 Å². The van der Waals surface area contributed by atoms with E-state index in [2.05, 4.69) is 5.32 Å². The predicted molar refractivity (Wildman–Crippen MR) is 116 cm³/mol. The molecule has 0 aliphatic carbocycles. The molecule has 0 aliphatic heterocycles. The molecule has 1 aromatic heterocycles. The van der Waals surface area contributed by atoms with Crippen LogP contribution in [0.4, 0.5) is 5.69 Å². The van der Waals surface area contributed by atoms with Crippen LogP contribution in [-0.2, 0) is 19.3 Å². The minimum absolute atomic E-state index is 0.0884. The van der Waals surface area contributed by atoms with Crippen LogP contribution >= 0.6 is 0 Å². The number of benzene rings is 2. The third-order valence-electron chi connectivity index (χ3n) is 5.09. The summed E-state index contributed by atoms with van der Waals surface area (Å²) in [5, 5.41) is 3.41. The van der Waals surface area contributed by atoms with Crippen LogP contribution in [0, 0.1) is 0 Å². The van der Waals surface area contributed by atoms with Crippen molar-refractivity contribution >= 4 is 22.6 Å². The molecule has 0 radical (unpaired) electrons. The van der Waals surface area contributed by atoms with Crippen LogP contribution in [0.2, 0.25) is 0 Å². The highest BCUT2D eigenvalue weighted by atomic mass is 16.5. The molecule has 0 bridgehead atoms. The van der Waals surface area contributed by atoms with Crippen LogP contribution in [0.5, 0.6) is 5.75 Å². The van der Waals surface area contributed by atoms with Gasteiger partial charge < -0.3 is 14.5 Å². The van der Waals surface area contributed by atoms with Crippen LogP contribution in [-0.4, -0.2) is 13.0 Å². The summed E-state index contributed by atoms with van der Waals surface area (Å²) in [5.41, 5.74) is 2.98. The molecule has 0 spiro atoms. The molecule has 1 N–H and O–H groups in total. The molecule has 5 nitrogen and oxygen atoms in total. The fourth-order valence-electron chi connectivity index (χ4n) is 3.57. The van der Waals surface area contributed by atoms with Gasteiger partial charge in [-0.2, -0.15) is 0 Å². The quantitative estimate of drug-likeness (QED) is 0.604. The van der Waals surface area contributed by atoms with Crippen molar-refractivity contribution in [2.45, 2.75) is 46.5 Å². The lowest BCUT2D eigenvalue weighted by Gasteiger charge is -2.17. The maximum absolute atomic E-state index is 13.3. The first kappa shape index (κ1) is 20.6. The zero-order valence-corrected chi connectivity index (χ0v) is 17.4. The van der Waals surface area contributed by atoms with Crippen LogP contribution in [0.3, 0.4) is 0 Å². The highest BCUT2D eigenvalue weighted by molar-refractivity contribution is 6.07. The molecule has 0 saturated carbocycles. The van der Waals surface area contributed by atoms with Crippen molar-refractivity contribution in [1.29, 1.82) is 0 Å². The molecule has 0 unspecified atom stereocenters. The average Bonchev–Trinajstić information content (AvgIpc) is 2.74. The first-order chi connectivity index (χ1) is 14.0. The number of ether oxygens (including phenoxy) is 1. The summed E-state index contributed by atoms with van der Waals surface area (Å²) in [6.45, 7) is 6.04. The highest BCUT2D eigenvalue weighted by Gasteiger charge is 2.22. The van der Waals surface area contributed by atoms with Gasteiger partial charge in [0.05, 0.1) is 12.5 Å². The Labute approximate surface area is 170 Å². The number of rotatable bonds is 7. The Hall–Kier alpha value is -3.08. The molecule has 0 saturated heterocycles. The highest BCUT2D eigenvalue weighted by Crippen LogP contribution is 2.29. The second-order valence-corrected chi connectivity index (χ2v) is 6.96. The SMILES string of the molecule is CCCc1oc2ccccc2c(=O)c1C(=O)Nc1c(CC)cc(OC)cc1CC. The van der Waals surface area contributed by atoms with E-state index in [-0.39, 0.29) is 11.0 Å². The summed E-state index contributed by atoms with van der Waals surface area (Å²) in [6, 6.07) is 10.9. The maximum atomic E-state index is 13.3. The average molecular weight is 393 g/mol. The molecule has 5 heteroatoms. The Balaban J connectivity index is 2.12. The topological polar surface area (TPSA) is 68.5 Å². The first-order valence-electron chi connectivity index (χ1n) is 10.1. The zero-order valence-electron chi connectivity index (χ0n) is 17.4. The smallest absolute Gasteiger partial charge is 0.263 e. The van der Waals surface area contributed by atoms with Crippen molar-refractivity contribution in [3.8, 4) is 5.75 Å². The number of carbonyl (C=O) groups is 1. The normalized spacial score (nSPS) is 10.9. The fraction of sp³-hybridized carbons (Fsp3) is 0.333. The number of para-hydroxylation sites is 1. The first-order valence-corrected chi connectivity index (χ1v) is 10.1. The van der Waals surface area contributed by atoms with Crippen LogP contribution in [0.25, 0.3) is 11.0 Å². The van der Waals surface area contributed by atoms with Gasteiger partial charge in [-0.3, -0.25) is 9.59 Å². The van der Waals surface area contributed by atoms with Crippen molar-refractivity contribution in [2.24, 2.45) is 0 Å². The Kier molecular flexibility index (Phi) is 6.37. The van der Waals surface area contributed by atoms with E-state index in [1.54, 1.807) is 25.3 Å². The second kappa shape index (κ2) is 8.95. The summed E-state index contributed by atoms with van der Waals surface area (Å²) in [4.78, 5) is 26.4. The Bertz CT molecular complexity index is 1070. The molecular weight excluding hydrogens is 366 g/mol. The summed E-state index contributed by atoms with van der Waals surface area (Å²) in [7, 11) is 1.63. The van der Waals surface area contributed by atoms with Gasteiger partial charge in [0.2, 0.25) is 5.43 Å². The zero-order chi connectivity index (χ0) is 21.0. The van der Waals surface area contributed by atoms with Gasteiger partial charge in [-0.1, -0.05) is 32.9 Å². The van der Waals surface area contributed by atoms with Crippen LogP contribution in [0.1, 0.15) is 54.4 Å². The lowest BCUT2D eigenvalue weighted by atomic mass is 10.0. The van der Waals surface area contributed by atoms with Crippen molar-refractivity contribution in [2.75, 3.05) is 12.4 Å². The number of aryl methyl sites for hydroxylation is 3. The van der Waals surface area contributed by atoms with Gasteiger partial charge in [0.25, 0.3) is 5.91 Å². The lowest BCUT2D eigenvalue weighted by molar-refractivity contribution is 0.102. The number of anilines is 1. The molecular formula is C24H27NO4. The van der Waals surface area contributed by atoms with E-state index in [0.717, 1.165) is 41.8 Å². The van der Waals surface area contributed by atoms with E-state index in [9.17, 15) is 9.59 Å². The van der Waals surface area contributed by atoms with Gasteiger partial charge in [-0.25, -0.2) is 0 Å². The number of hydrogen-bond acceptors (Lipinski definition) is 4. The predicted octanol–water partition coefficient (Wildman–Crippen LogP) is 5.13. The number of hydrogen-bond donors (Lipinski definition) is 1. The number of methoxy groups -OCH3 is 1. The van der Waals surface area contributed by atoms with Crippen molar-refractivity contribution in [1.82, 2.24) is 0 Å². The van der Waals surface area contributed by atoms with Gasteiger partial charge in [0, 0.05) is 12.1 Å². The fourth-order valence-corrected chi connectivity index (χ4v) is 3.57. The minimum Gasteiger partial charge on any atom is -0.497 e. The van der Waals surface area contributed by atoms with E-state index in [1.165, 1.54) is 0 Å². The molecule has 3 rings (SSSR count). The number of amides is 1.